The average Bonchev–Trinajstić information content (AvgIpc) is 3.35. The molecule has 3 heterocycles. The van der Waals surface area contributed by atoms with E-state index in [2.05, 4.69) is 9.97 Å². The van der Waals surface area contributed by atoms with E-state index in [0.29, 0.717) is 15.6 Å². The molecule has 0 aliphatic heterocycles. The molecule has 0 spiro atoms. The fraction of sp³-hybridized carbons (Fsp3) is 0. The Bertz CT molecular complexity index is 3070. The van der Waals surface area contributed by atoms with Gasteiger partial charge in [0.05, 0.1) is 79.2 Å². The van der Waals surface area contributed by atoms with Crippen LogP contribution in [0, 0.1) is 0 Å². The molecule has 4 N–H and O–H groups in total. The van der Waals surface area contributed by atoms with Crippen LogP contribution in [-0.4, -0.2) is 36.7 Å². The molecule has 9 aromatic rings. The third-order valence-electron chi connectivity index (χ3n) is 8.77. The lowest BCUT2D eigenvalue weighted by Gasteiger charge is -2.12. The van der Waals surface area contributed by atoms with Crippen LogP contribution in [0.15, 0.2) is 98.0 Å². The van der Waals surface area contributed by atoms with Crippen molar-refractivity contribution in [1.82, 2.24) is 14.5 Å². The van der Waals surface area contributed by atoms with Crippen molar-refractivity contribution in [2.75, 3.05) is 0 Å². The van der Waals surface area contributed by atoms with E-state index < -0.39 is 45.0 Å². The summed E-state index contributed by atoms with van der Waals surface area (Å²) in [6.45, 7) is 0. The summed E-state index contributed by atoms with van der Waals surface area (Å²) in [5, 5.41) is 18.9. The number of aromatic carboxylic acids is 2. The summed E-state index contributed by atoms with van der Waals surface area (Å²) in [5.74, 6) is -2.92. The predicted molar refractivity (Wildman–Crippen MR) is 192 cm³/mol. The number of carboxylic acid groups (broad SMARTS) is 2. The van der Waals surface area contributed by atoms with Gasteiger partial charge in [-0.15, -0.1) is 22.7 Å². The van der Waals surface area contributed by atoms with E-state index in [1.54, 1.807) is 0 Å². The van der Waals surface area contributed by atoms with Crippen LogP contribution in [0.1, 0.15) is 20.7 Å². The number of aromatic nitrogens is 3. The Kier molecular flexibility index (Phi) is 5.89. The molecule has 13 heteroatoms. The molecule has 0 fully saturated rings. The van der Waals surface area contributed by atoms with Gasteiger partial charge in [-0.25, -0.2) is 14.2 Å². The summed E-state index contributed by atoms with van der Waals surface area (Å²) in [5.41, 5.74) is -1.54. The number of hydrogen-bond acceptors (Lipinski definition) is 8. The van der Waals surface area contributed by atoms with Gasteiger partial charge in [-0.05, 0) is 54.6 Å². The Morgan fingerprint density at radius 3 is 1.43 bits per heavy atom. The van der Waals surface area contributed by atoms with Crippen molar-refractivity contribution in [2.45, 2.75) is 0 Å². The highest BCUT2D eigenvalue weighted by atomic mass is 32.1. The molecule has 0 aliphatic carbocycles. The molecule has 6 aromatic carbocycles. The second-order valence-corrected chi connectivity index (χ2v) is 13.6. The van der Waals surface area contributed by atoms with Gasteiger partial charge in [0.25, 0.3) is 11.1 Å². The van der Waals surface area contributed by atoms with Crippen LogP contribution >= 0.6 is 22.7 Å². The predicted octanol–water partition coefficient (Wildman–Crippen LogP) is 6.17. The second-order valence-electron chi connectivity index (χ2n) is 11.5. The quantitative estimate of drug-likeness (QED) is 0.126. The normalized spacial score (nSPS) is 11.9. The van der Waals surface area contributed by atoms with Crippen molar-refractivity contribution in [2.24, 2.45) is 0 Å². The van der Waals surface area contributed by atoms with Crippen molar-refractivity contribution >= 4 is 108 Å². The molecule has 49 heavy (non-hydrogen) atoms. The molecule has 0 amide bonds. The third-order valence-corrected chi connectivity index (χ3v) is 11.3. The summed E-state index contributed by atoms with van der Waals surface area (Å²) in [6.07, 6.45) is 0. The summed E-state index contributed by atoms with van der Waals surface area (Å²) in [6, 6.07) is 20.6. The summed E-state index contributed by atoms with van der Waals surface area (Å²) in [7, 11) is 0. The fourth-order valence-corrected chi connectivity index (χ4v) is 8.89. The standard InChI is InChI=1S/C36H17N3O8S2/c40-29-17-12-19-20(34(43)39(33(19)42)16-10-14(35(44)45)9-15(11-16)36(46)47)13-18(17)30(41)26-25(29)27-31(48-23-7-3-1-5-21(23)37-27)32-28(26)38-22-6-2-4-8-24(22)49-32/h1-13,37-38H,(H,44,45)(H,46,47). The Morgan fingerprint density at radius 1 is 0.571 bits per heavy atom. The largest absolute Gasteiger partial charge is 0.478 e. The maximum atomic E-state index is 14.6. The first-order chi connectivity index (χ1) is 23.6. The molecule has 0 saturated carbocycles. The minimum absolute atomic E-state index is 0.0681. The lowest BCUT2D eigenvalue weighted by atomic mass is 9.98. The highest BCUT2D eigenvalue weighted by Crippen LogP contribution is 2.40. The van der Waals surface area contributed by atoms with Crippen molar-refractivity contribution in [3.63, 3.8) is 0 Å². The average molecular weight is 684 g/mol. The maximum absolute atomic E-state index is 14.6. The fourth-order valence-electron chi connectivity index (χ4n) is 6.55. The number of benzene rings is 6. The zero-order valence-electron chi connectivity index (χ0n) is 24.6. The number of rotatable bonds is 3. The van der Waals surface area contributed by atoms with Crippen molar-refractivity contribution in [3.8, 4) is 5.69 Å². The van der Waals surface area contributed by atoms with Crippen LogP contribution in [0.25, 0.3) is 78.9 Å². The maximum Gasteiger partial charge on any atom is 0.335 e. The zero-order chi connectivity index (χ0) is 33.9. The Labute approximate surface area is 278 Å². The first-order valence-corrected chi connectivity index (χ1v) is 16.3. The monoisotopic (exact) mass is 683 g/mol. The lowest BCUT2D eigenvalue weighted by Crippen LogP contribution is -2.24. The second kappa shape index (κ2) is 10.0. The van der Waals surface area contributed by atoms with Crippen molar-refractivity contribution in [3.05, 3.63) is 131 Å². The van der Waals surface area contributed by atoms with E-state index in [1.807, 2.05) is 48.5 Å². The Hall–Kier alpha value is -6.44. The Morgan fingerprint density at radius 2 is 1.00 bits per heavy atom. The minimum Gasteiger partial charge on any atom is -0.478 e. The van der Waals surface area contributed by atoms with Crippen LogP contribution in [0.2, 0.25) is 0 Å². The molecular formula is C36H17N3O8S2. The lowest BCUT2D eigenvalue weighted by molar-refractivity contribution is 0.0696. The number of carboxylic acids is 2. The van der Waals surface area contributed by atoms with E-state index in [9.17, 15) is 39.0 Å². The van der Waals surface area contributed by atoms with Crippen LogP contribution in [0.3, 0.4) is 0 Å². The molecule has 9 rings (SSSR count). The molecular weight excluding hydrogens is 667 g/mol. The van der Waals surface area contributed by atoms with Crippen molar-refractivity contribution < 1.29 is 19.8 Å². The zero-order valence-corrected chi connectivity index (χ0v) is 26.2. The van der Waals surface area contributed by atoms with E-state index >= 15 is 0 Å². The number of hydrogen-bond donors (Lipinski definition) is 4. The SMILES string of the molecule is O=C(O)c1cc(C(=O)O)cc(-n2c(=O)c3cc4c(=O)c5c6[nH]c7ccccc7sc6c6sc7ccccc7[nH]c6c5c(=O)c4cc3c2=O)c1. The summed E-state index contributed by atoms with van der Waals surface area (Å²) < 4.78 is 4.05. The molecule has 236 valence electrons. The van der Waals surface area contributed by atoms with Gasteiger partial charge in [-0.3, -0.25) is 19.2 Å². The van der Waals surface area contributed by atoms with Crippen LogP contribution < -0.4 is 22.0 Å². The van der Waals surface area contributed by atoms with Gasteiger partial charge in [0.15, 0.2) is 10.9 Å². The van der Waals surface area contributed by atoms with Crippen LogP contribution in [-0.2, 0) is 0 Å². The molecule has 3 aromatic heterocycles. The highest BCUT2D eigenvalue weighted by Gasteiger charge is 2.24. The number of fused-ring (bicyclic) bond motifs is 10. The number of H-pyrrole nitrogens is 2. The van der Waals surface area contributed by atoms with Gasteiger partial charge >= 0.3 is 11.9 Å². The molecule has 11 nitrogen and oxygen atoms in total. The van der Waals surface area contributed by atoms with Crippen molar-refractivity contribution in [1.29, 1.82) is 0 Å². The summed E-state index contributed by atoms with van der Waals surface area (Å²) >= 11 is 2.96. The molecule has 0 aliphatic rings. The molecule has 0 bridgehead atoms. The third kappa shape index (κ3) is 4.00. The number of aromatic amines is 2. The topological polar surface area (TPSA) is 179 Å². The first kappa shape index (κ1) is 28.8. The molecule has 0 saturated heterocycles. The number of nitrogens with zero attached hydrogens (tertiary/aromatic N) is 1. The van der Waals surface area contributed by atoms with Gasteiger partial charge in [-0.2, -0.15) is 0 Å². The minimum atomic E-state index is -1.46. The number of carbonyl (C=O) groups is 2. The number of para-hydroxylation sites is 2. The van der Waals surface area contributed by atoms with E-state index in [1.165, 1.54) is 34.8 Å². The number of nitrogens with one attached hydrogen (secondary N) is 2. The van der Waals surface area contributed by atoms with Gasteiger partial charge in [0.2, 0.25) is 0 Å². The Balaban J connectivity index is 1.47. The smallest absolute Gasteiger partial charge is 0.335 e. The van der Waals surface area contributed by atoms with E-state index in [4.69, 9.17) is 0 Å². The van der Waals surface area contributed by atoms with Crippen LogP contribution in [0.5, 0.6) is 0 Å². The molecule has 0 atom stereocenters. The first-order valence-electron chi connectivity index (χ1n) is 14.7. The van der Waals surface area contributed by atoms with Gasteiger partial charge in [0.1, 0.15) is 0 Å². The van der Waals surface area contributed by atoms with E-state index in [-0.39, 0.29) is 38.0 Å². The van der Waals surface area contributed by atoms with E-state index in [0.717, 1.165) is 48.0 Å². The molecule has 0 radical (unpaired) electrons. The van der Waals surface area contributed by atoms with Gasteiger partial charge < -0.3 is 20.2 Å². The summed E-state index contributed by atoms with van der Waals surface area (Å²) in [4.78, 5) is 86.9. The van der Waals surface area contributed by atoms with Crippen LogP contribution in [0.4, 0.5) is 0 Å². The molecule has 0 unspecified atom stereocenters. The van der Waals surface area contributed by atoms with Gasteiger partial charge in [0, 0.05) is 10.8 Å². The highest BCUT2D eigenvalue weighted by molar-refractivity contribution is 7.32. The van der Waals surface area contributed by atoms with Gasteiger partial charge in [-0.1, -0.05) is 24.3 Å².